The zero-order valence-corrected chi connectivity index (χ0v) is 8.14. The molecule has 0 rings (SSSR count). The second-order valence-electron chi connectivity index (χ2n) is 2.88. The summed E-state index contributed by atoms with van der Waals surface area (Å²) in [5.74, 6) is -3.37. The number of hydrogen-bond donors (Lipinski definition) is 3. The Morgan fingerprint density at radius 2 is 2.00 bits per heavy atom. The number of nitrogens with two attached hydrogens (primary N) is 1. The van der Waals surface area contributed by atoms with Crippen LogP contribution in [0.3, 0.4) is 0 Å². The third kappa shape index (κ3) is 3.31. The largest absolute Gasteiger partial charge is 0.480 e. The summed E-state index contributed by atoms with van der Waals surface area (Å²) >= 11 is 0. The molecular formula is C8H15NO5. The highest BCUT2D eigenvalue weighted by atomic mass is 16.5. The molecular weight excluding hydrogens is 190 g/mol. The number of carbonyl (C=O) groups excluding carboxylic acids is 1. The molecule has 0 aliphatic carbocycles. The fraction of sp³-hybridized carbons (Fsp3) is 0.750. The van der Waals surface area contributed by atoms with Crippen molar-refractivity contribution in [2.75, 3.05) is 6.61 Å². The van der Waals surface area contributed by atoms with E-state index in [0.717, 1.165) is 0 Å². The zero-order valence-electron chi connectivity index (χ0n) is 8.14. The van der Waals surface area contributed by atoms with E-state index in [9.17, 15) is 14.7 Å². The first-order valence-corrected chi connectivity index (χ1v) is 4.24. The average Bonchev–Trinajstić information content (AvgIpc) is 2.03. The summed E-state index contributed by atoms with van der Waals surface area (Å²) in [5, 5.41) is 17.8. The third-order valence-electron chi connectivity index (χ3n) is 1.75. The van der Waals surface area contributed by atoms with Crippen LogP contribution >= 0.6 is 0 Å². The molecule has 6 nitrogen and oxygen atoms in total. The molecule has 4 N–H and O–H groups in total. The van der Waals surface area contributed by atoms with Gasteiger partial charge in [-0.05, 0) is 13.8 Å². The molecule has 0 bridgehead atoms. The lowest BCUT2D eigenvalue weighted by molar-refractivity contribution is -0.158. The van der Waals surface area contributed by atoms with Crippen LogP contribution in [0.4, 0.5) is 0 Å². The molecule has 82 valence electrons. The van der Waals surface area contributed by atoms with Crippen molar-refractivity contribution >= 4 is 11.9 Å². The van der Waals surface area contributed by atoms with E-state index < -0.39 is 30.0 Å². The number of ether oxygens (including phenoxy) is 1. The molecule has 0 aliphatic heterocycles. The molecule has 0 spiro atoms. The molecule has 0 amide bonds. The van der Waals surface area contributed by atoms with Gasteiger partial charge in [0.1, 0.15) is 12.0 Å². The summed E-state index contributed by atoms with van der Waals surface area (Å²) in [6.45, 7) is 3.00. The molecule has 0 aliphatic rings. The summed E-state index contributed by atoms with van der Waals surface area (Å²) in [7, 11) is 0. The predicted octanol–water partition coefficient (Wildman–Crippen LogP) is -1.04. The van der Waals surface area contributed by atoms with Crippen LogP contribution in [-0.4, -0.2) is 40.9 Å². The Hall–Kier alpha value is -1.14. The monoisotopic (exact) mass is 205 g/mol. The first-order valence-electron chi connectivity index (χ1n) is 4.24. The van der Waals surface area contributed by atoms with Crippen LogP contribution in [0.25, 0.3) is 0 Å². The fourth-order valence-corrected chi connectivity index (χ4v) is 1.04. The van der Waals surface area contributed by atoms with Gasteiger partial charge < -0.3 is 20.7 Å². The summed E-state index contributed by atoms with van der Waals surface area (Å²) in [6, 6.07) is -1.45. The highest BCUT2D eigenvalue weighted by Gasteiger charge is 2.35. The summed E-state index contributed by atoms with van der Waals surface area (Å²) in [5.41, 5.74) is 5.23. The van der Waals surface area contributed by atoms with Gasteiger partial charge in [-0.2, -0.15) is 0 Å². The van der Waals surface area contributed by atoms with Crippen molar-refractivity contribution in [3.05, 3.63) is 0 Å². The molecule has 0 saturated heterocycles. The Bertz CT molecular complexity index is 216. The maximum Gasteiger partial charge on any atom is 0.321 e. The number of rotatable bonds is 5. The highest BCUT2D eigenvalue weighted by molar-refractivity contribution is 5.83. The standard InChI is InChI=1S/C8H15NO5/c1-3-14-8(13)5(4(2)10)6(9)7(11)12/h4-6,10H,3,9H2,1-2H3,(H,11,12). The van der Waals surface area contributed by atoms with Crippen LogP contribution in [0, 0.1) is 5.92 Å². The molecule has 0 aromatic heterocycles. The first kappa shape index (κ1) is 12.9. The van der Waals surface area contributed by atoms with Crippen molar-refractivity contribution in [2.24, 2.45) is 11.7 Å². The van der Waals surface area contributed by atoms with Crippen LogP contribution in [0.1, 0.15) is 13.8 Å². The number of carboxylic acids is 1. The number of esters is 1. The average molecular weight is 205 g/mol. The number of aliphatic hydroxyl groups is 1. The van der Waals surface area contributed by atoms with Gasteiger partial charge in [-0.25, -0.2) is 0 Å². The fourth-order valence-electron chi connectivity index (χ4n) is 1.04. The second-order valence-corrected chi connectivity index (χ2v) is 2.88. The van der Waals surface area contributed by atoms with Crippen molar-refractivity contribution in [3.63, 3.8) is 0 Å². The van der Waals surface area contributed by atoms with Crippen molar-refractivity contribution in [3.8, 4) is 0 Å². The highest BCUT2D eigenvalue weighted by Crippen LogP contribution is 2.10. The smallest absolute Gasteiger partial charge is 0.321 e. The number of aliphatic hydroxyl groups excluding tert-OH is 1. The minimum absolute atomic E-state index is 0.119. The van der Waals surface area contributed by atoms with Crippen LogP contribution in [0.2, 0.25) is 0 Å². The second kappa shape index (κ2) is 5.56. The van der Waals surface area contributed by atoms with Crippen LogP contribution < -0.4 is 5.73 Å². The Balaban J connectivity index is 4.59. The van der Waals surface area contributed by atoms with Gasteiger partial charge in [-0.3, -0.25) is 9.59 Å². The van der Waals surface area contributed by atoms with Crippen LogP contribution in [0.5, 0.6) is 0 Å². The predicted molar refractivity (Wildman–Crippen MR) is 47.4 cm³/mol. The van der Waals surface area contributed by atoms with Crippen molar-refractivity contribution in [1.29, 1.82) is 0 Å². The van der Waals surface area contributed by atoms with Gasteiger partial charge in [0, 0.05) is 0 Å². The maximum absolute atomic E-state index is 11.2. The van der Waals surface area contributed by atoms with Gasteiger partial charge >= 0.3 is 11.9 Å². The van der Waals surface area contributed by atoms with Gasteiger partial charge in [0.15, 0.2) is 0 Å². The minimum atomic E-state index is -1.45. The Kier molecular flexibility index (Phi) is 5.11. The van der Waals surface area contributed by atoms with E-state index in [-0.39, 0.29) is 6.61 Å². The lowest BCUT2D eigenvalue weighted by atomic mass is 9.95. The van der Waals surface area contributed by atoms with E-state index >= 15 is 0 Å². The van der Waals surface area contributed by atoms with E-state index in [1.54, 1.807) is 6.92 Å². The Morgan fingerprint density at radius 3 is 2.29 bits per heavy atom. The summed E-state index contributed by atoms with van der Waals surface area (Å²) < 4.78 is 4.59. The van der Waals surface area contributed by atoms with E-state index in [1.807, 2.05) is 0 Å². The van der Waals surface area contributed by atoms with E-state index in [4.69, 9.17) is 10.8 Å². The van der Waals surface area contributed by atoms with E-state index in [2.05, 4.69) is 4.74 Å². The molecule has 3 unspecified atom stereocenters. The van der Waals surface area contributed by atoms with E-state index in [0.29, 0.717) is 0 Å². The first-order chi connectivity index (χ1) is 6.41. The quantitative estimate of drug-likeness (QED) is 0.494. The SMILES string of the molecule is CCOC(=O)C(C(C)O)C(N)C(=O)O. The third-order valence-corrected chi connectivity index (χ3v) is 1.75. The molecule has 0 heterocycles. The molecule has 0 aromatic carbocycles. The molecule has 0 aromatic rings. The van der Waals surface area contributed by atoms with E-state index in [1.165, 1.54) is 6.92 Å². The van der Waals surface area contributed by atoms with Crippen molar-refractivity contribution < 1.29 is 24.5 Å². The summed E-state index contributed by atoms with van der Waals surface area (Å²) in [4.78, 5) is 21.7. The normalized spacial score (nSPS) is 16.9. The lowest BCUT2D eigenvalue weighted by Gasteiger charge is -2.21. The van der Waals surface area contributed by atoms with Crippen LogP contribution in [0.15, 0.2) is 0 Å². The van der Waals surface area contributed by atoms with Crippen molar-refractivity contribution in [1.82, 2.24) is 0 Å². The van der Waals surface area contributed by atoms with Gasteiger partial charge in [-0.15, -0.1) is 0 Å². The summed E-state index contributed by atoms with van der Waals surface area (Å²) in [6.07, 6.45) is -1.15. The van der Waals surface area contributed by atoms with Gasteiger partial charge in [0.05, 0.1) is 12.7 Å². The molecule has 0 saturated carbocycles. The molecule has 0 radical (unpaired) electrons. The molecule has 0 fully saturated rings. The Labute approximate surface area is 81.7 Å². The van der Waals surface area contributed by atoms with Gasteiger partial charge in [-0.1, -0.05) is 0 Å². The maximum atomic E-state index is 11.2. The molecule has 6 heteroatoms. The minimum Gasteiger partial charge on any atom is -0.480 e. The number of carbonyl (C=O) groups is 2. The molecule has 14 heavy (non-hydrogen) atoms. The Morgan fingerprint density at radius 1 is 1.50 bits per heavy atom. The topological polar surface area (TPSA) is 110 Å². The number of hydrogen-bond acceptors (Lipinski definition) is 5. The van der Waals surface area contributed by atoms with Gasteiger partial charge in [0.25, 0.3) is 0 Å². The number of aliphatic carboxylic acids is 1. The lowest BCUT2D eigenvalue weighted by Crippen LogP contribution is -2.47. The van der Waals surface area contributed by atoms with Crippen molar-refractivity contribution in [2.45, 2.75) is 26.0 Å². The van der Waals surface area contributed by atoms with Gasteiger partial charge in [0.2, 0.25) is 0 Å². The zero-order chi connectivity index (χ0) is 11.3. The number of carboxylic acid groups (broad SMARTS) is 1. The molecule has 3 atom stereocenters. The van der Waals surface area contributed by atoms with Crippen LogP contribution in [-0.2, 0) is 14.3 Å².